The number of amides is 3. The molecule has 1 aliphatic heterocycles. The van der Waals surface area contributed by atoms with Gasteiger partial charge in [0.1, 0.15) is 0 Å². The summed E-state index contributed by atoms with van der Waals surface area (Å²) in [4.78, 5) is 37.0. The van der Waals surface area contributed by atoms with Gasteiger partial charge in [-0.25, -0.2) is 4.79 Å². The van der Waals surface area contributed by atoms with Crippen LogP contribution in [0.15, 0.2) is 48.5 Å². The predicted octanol–water partition coefficient (Wildman–Crippen LogP) is 2.73. The van der Waals surface area contributed by atoms with Crippen LogP contribution >= 0.6 is 0 Å². The third-order valence-corrected chi connectivity index (χ3v) is 4.20. The molecule has 128 valence electrons. The molecule has 2 aromatic carbocycles. The van der Waals surface area contributed by atoms with Crippen molar-refractivity contribution in [3.05, 3.63) is 59.7 Å². The Morgan fingerprint density at radius 2 is 1.80 bits per heavy atom. The second kappa shape index (κ2) is 7.17. The van der Waals surface area contributed by atoms with Crippen molar-refractivity contribution in [3.63, 3.8) is 0 Å². The van der Waals surface area contributed by atoms with Crippen LogP contribution in [0.1, 0.15) is 28.8 Å². The number of benzene rings is 2. The molecule has 0 aromatic heterocycles. The third-order valence-electron chi connectivity index (χ3n) is 4.20. The van der Waals surface area contributed by atoms with Gasteiger partial charge in [0.25, 0.3) is 0 Å². The number of nitrogens with two attached hydrogens (primary N) is 1. The Labute approximate surface area is 145 Å². The number of fused-ring (bicyclic) bond motifs is 1. The Kier molecular flexibility index (Phi) is 4.79. The first kappa shape index (κ1) is 16.7. The molecule has 0 radical (unpaired) electrons. The lowest BCUT2D eigenvalue weighted by molar-refractivity contribution is -0.116. The lowest BCUT2D eigenvalue weighted by Crippen LogP contribution is -2.33. The number of carbonyl (C=O) groups is 3. The maximum absolute atomic E-state index is 12.1. The summed E-state index contributed by atoms with van der Waals surface area (Å²) < 4.78 is 0. The van der Waals surface area contributed by atoms with Gasteiger partial charge in [0.2, 0.25) is 5.91 Å². The minimum Gasteiger partial charge on any atom is -0.351 e. The topological polar surface area (TPSA) is 92.5 Å². The van der Waals surface area contributed by atoms with Crippen LogP contribution in [0.3, 0.4) is 0 Å². The summed E-state index contributed by atoms with van der Waals surface area (Å²) in [6, 6.07) is 13.8. The number of rotatable bonds is 5. The summed E-state index contributed by atoms with van der Waals surface area (Å²) in [5.74, 6) is -0.268. The van der Waals surface area contributed by atoms with Crippen molar-refractivity contribution >= 4 is 29.1 Å². The SMILES string of the molecule is NC(=O)N1CCc2cc(NC(=O)CCC(=O)c3ccccc3)ccc21. The predicted molar refractivity (Wildman–Crippen MR) is 95.7 cm³/mol. The highest BCUT2D eigenvalue weighted by Crippen LogP contribution is 2.30. The van der Waals surface area contributed by atoms with Crippen molar-refractivity contribution in [1.82, 2.24) is 0 Å². The van der Waals surface area contributed by atoms with E-state index in [2.05, 4.69) is 5.32 Å². The molecule has 6 nitrogen and oxygen atoms in total. The number of primary amides is 1. The normalized spacial score (nSPS) is 12.6. The van der Waals surface area contributed by atoms with Crippen LogP contribution in [0.2, 0.25) is 0 Å². The molecule has 0 spiro atoms. The molecular formula is C19H19N3O3. The Morgan fingerprint density at radius 3 is 2.52 bits per heavy atom. The zero-order valence-corrected chi connectivity index (χ0v) is 13.7. The standard InChI is InChI=1S/C19H19N3O3/c20-19(25)22-11-10-14-12-15(6-7-16(14)22)21-18(24)9-8-17(23)13-4-2-1-3-5-13/h1-7,12H,8-11H2,(H2,20,25)(H,21,24). The number of hydrogen-bond donors (Lipinski definition) is 2. The smallest absolute Gasteiger partial charge is 0.319 e. The van der Waals surface area contributed by atoms with Crippen LogP contribution in [0.5, 0.6) is 0 Å². The maximum atomic E-state index is 12.1. The molecule has 0 aliphatic carbocycles. The van der Waals surface area contributed by atoms with E-state index in [9.17, 15) is 14.4 Å². The fourth-order valence-corrected chi connectivity index (χ4v) is 2.93. The summed E-state index contributed by atoms with van der Waals surface area (Å²) in [7, 11) is 0. The monoisotopic (exact) mass is 337 g/mol. The Morgan fingerprint density at radius 1 is 1.04 bits per heavy atom. The molecule has 3 amide bonds. The molecule has 1 aliphatic rings. The number of nitrogens with zero attached hydrogens (tertiary/aromatic N) is 1. The molecule has 0 saturated carbocycles. The van der Waals surface area contributed by atoms with E-state index >= 15 is 0 Å². The van der Waals surface area contributed by atoms with Gasteiger partial charge in [0.15, 0.2) is 5.78 Å². The molecule has 25 heavy (non-hydrogen) atoms. The van der Waals surface area contributed by atoms with Crippen molar-refractivity contribution in [2.45, 2.75) is 19.3 Å². The van der Waals surface area contributed by atoms with Crippen molar-refractivity contribution < 1.29 is 14.4 Å². The Bertz CT molecular complexity index is 818. The molecule has 3 N–H and O–H groups in total. The van der Waals surface area contributed by atoms with Crippen LogP contribution in [0.4, 0.5) is 16.2 Å². The molecular weight excluding hydrogens is 318 g/mol. The molecule has 0 fully saturated rings. The van der Waals surface area contributed by atoms with Crippen molar-refractivity contribution in [2.24, 2.45) is 5.73 Å². The minimum absolute atomic E-state index is 0.0539. The second-order valence-corrected chi connectivity index (χ2v) is 5.92. The van der Waals surface area contributed by atoms with Crippen LogP contribution in [0, 0.1) is 0 Å². The average molecular weight is 337 g/mol. The Balaban J connectivity index is 1.57. The highest BCUT2D eigenvalue weighted by atomic mass is 16.2. The van der Waals surface area contributed by atoms with Gasteiger partial charge in [-0.15, -0.1) is 0 Å². The fraction of sp³-hybridized carbons (Fsp3) is 0.211. The zero-order chi connectivity index (χ0) is 17.8. The highest BCUT2D eigenvalue weighted by molar-refractivity contribution is 6.00. The van der Waals surface area contributed by atoms with E-state index in [0.717, 1.165) is 11.3 Å². The van der Waals surface area contributed by atoms with Gasteiger partial charge in [-0.05, 0) is 30.2 Å². The van der Waals surface area contributed by atoms with Crippen LogP contribution in [-0.2, 0) is 11.2 Å². The molecule has 0 atom stereocenters. The summed E-state index contributed by atoms with van der Waals surface area (Å²) >= 11 is 0. The van der Waals surface area contributed by atoms with Gasteiger partial charge in [-0.1, -0.05) is 30.3 Å². The quantitative estimate of drug-likeness (QED) is 0.822. The van der Waals surface area contributed by atoms with Gasteiger partial charge in [0, 0.05) is 36.3 Å². The first-order valence-electron chi connectivity index (χ1n) is 8.12. The minimum atomic E-state index is -0.477. The molecule has 6 heteroatoms. The molecule has 0 unspecified atom stereocenters. The number of ketones is 1. The van der Waals surface area contributed by atoms with Crippen LogP contribution < -0.4 is 16.0 Å². The van der Waals surface area contributed by atoms with E-state index in [1.165, 1.54) is 4.90 Å². The summed E-state index contributed by atoms with van der Waals surface area (Å²) in [5, 5.41) is 2.80. The van der Waals surface area contributed by atoms with Crippen LogP contribution in [0.25, 0.3) is 0 Å². The zero-order valence-electron chi connectivity index (χ0n) is 13.7. The molecule has 0 bridgehead atoms. The van der Waals surface area contributed by atoms with Crippen molar-refractivity contribution in [2.75, 3.05) is 16.8 Å². The number of anilines is 2. The van der Waals surface area contributed by atoms with Crippen LogP contribution in [-0.4, -0.2) is 24.3 Å². The van der Waals surface area contributed by atoms with E-state index in [1.807, 2.05) is 12.1 Å². The summed E-state index contributed by atoms with van der Waals surface area (Å²) in [6.07, 6.45) is 0.989. The summed E-state index contributed by atoms with van der Waals surface area (Å²) in [6.45, 7) is 0.549. The van der Waals surface area contributed by atoms with Gasteiger partial charge in [-0.2, -0.15) is 0 Å². The van der Waals surface area contributed by atoms with Crippen molar-refractivity contribution in [1.29, 1.82) is 0 Å². The Hall–Kier alpha value is -3.15. The van der Waals surface area contributed by atoms with E-state index in [4.69, 9.17) is 5.73 Å². The highest BCUT2D eigenvalue weighted by Gasteiger charge is 2.23. The molecule has 1 heterocycles. The number of Topliss-reactive ketones (excluding diaryl/α,β-unsaturated/α-hetero) is 1. The van der Waals surface area contributed by atoms with Gasteiger partial charge < -0.3 is 11.1 Å². The first-order chi connectivity index (χ1) is 12.0. The molecule has 3 rings (SSSR count). The number of hydrogen-bond acceptors (Lipinski definition) is 3. The van der Waals surface area contributed by atoms with E-state index < -0.39 is 6.03 Å². The van der Waals surface area contributed by atoms with E-state index in [-0.39, 0.29) is 24.5 Å². The van der Waals surface area contributed by atoms with Gasteiger partial charge in [-0.3, -0.25) is 14.5 Å². The summed E-state index contributed by atoms with van der Waals surface area (Å²) in [5.41, 5.74) is 8.35. The maximum Gasteiger partial charge on any atom is 0.319 e. The van der Waals surface area contributed by atoms with E-state index in [1.54, 1.807) is 36.4 Å². The lowest BCUT2D eigenvalue weighted by atomic mass is 10.1. The molecule has 2 aromatic rings. The largest absolute Gasteiger partial charge is 0.351 e. The van der Waals surface area contributed by atoms with Gasteiger partial charge >= 0.3 is 6.03 Å². The fourth-order valence-electron chi connectivity index (χ4n) is 2.93. The average Bonchev–Trinajstić information content (AvgIpc) is 3.04. The third kappa shape index (κ3) is 3.85. The second-order valence-electron chi connectivity index (χ2n) is 5.92. The van der Waals surface area contributed by atoms with Gasteiger partial charge in [0.05, 0.1) is 0 Å². The number of carbonyl (C=O) groups excluding carboxylic acids is 3. The number of nitrogens with one attached hydrogen (secondary N) is 1. The lowest BCUT2D eigenvalue weighted by Gasteiger charge is -2.14. The molecule has 0 saturated heterocycles. The van der Waals surface area contributed by atoms with Crippen molar-refractivity contribution in [3.8, 4) is 0 Å². The number of urea groups is 1. The first-order valence-corrected chi connectivity index (χ1v) is 8.12. The van der Waals surface area contributed by atoms with E-state index in [0.29, 0.717) is 24.2 Å².